The third kappa shape index (κ3) is 2.89. The molecule has 92 valence electrons. The highest BCUT2D eigenvalue weighted by Crippen LogP contribution is 2.32. The summed E-state index contributed by atoms with van der Waals surface area (Å²) < 4.78 is 6.50. The van der Waals surface area contributed by atoms with Crippen molar-refractivity contribution in [1.82, 2.24) is 0 Å². The van der Waals surface area contributed by atoms with E-state index >= 15 is 0 Å². The standard InChI is InChI=1S/C14H17BrO2/c1-2-17-13-9-11(15)7-8-12(13)14(16)10-5-3-4-6-10/h7-10H,2-6H2,1H3. The van der Waals surface area contributed by atoms with Gasteiger partial charge in [-0.05, 0) is 38.0 Å². The molecule has 1 aromatic rings. The van der Waals surface area contributed by atoms with Gasteiger partial charge in [-0.1, -0.05) is 28.8 Å². The number of hydrogen-bond acceptors (Lipinski definition) is 2. The molecule has 1 aliphatic rings. The van der Waals surface area contributed by atoms with E-state index in [4.69, 9.17) is 4.74 Å². The Morgan fingerprint density at radius 2 is 2.12 bits per heavy atom. The van der Waals surface area contributed by atoms with Gasteiger partial charge in [0.05, 0.1) is 12.2 Å². The lowest BCUT2D eigenvalue weighted by Crippen LogP contribution is -2.12. The molecule has 3 heteroatoms. The molecule has 0 saturated heterocycles. The van der Waals surface area contributed by atoms with Crippen LogP contribution in [0.3, 0.4) is 0 Å². The minimum Gasteiger partial charge on any atom is -0.493 e. The van der Waals surface area contributed by atoms with Crippen molar-refractivity contribution in [3.63, 3.8) is 0 Å². The molecule has 0 aromatic heterocycles. The topological polar surface area (TPSA) is 26.3 Å². The Morgan fingerprint density at radius 1 is 1.41 bits per heavy atom. The molecule has 17 heavy (non-hydrogen) atoms. The van der Waals surface area contributed by atoms with E-state index in [0.717, 1.165) is 22.9 Å². The lowest BCUT2D eigenvalue weighted by molar-refractivity contribution is 0.0919. The number of carbonyl (C=O) groups is 1. The van der Waals surface area contributed by atoms with Crippen LogP contribution >= 0.6 is 15.9 Å². The van der Waals surface area contributed by atoms with Crippen LogP contribution in [0.1, 0.15) is 43.0 Å². The van der Waals surface area contributed by atoms with E-state index in [-0.39, 0.29) is 11.7 Å². The number of ether oxygens (including phenoxy) is 1. The van der Waals surface area contributed by atoms with Crippen molar-refractivity contribution in [3.8, 4) is 5.75 Å². The zero-order valence-electron chi connectivity index (χ0n) is 10.0. The molecule has 2 nitrogen and oxygen atoms in total. The summed E-state index contributed by atoms with van der Waals surface area (Å²) in [5.41, 5.74) is 0.738. The smallest absolute Gasteiger partial charge is 0.169 e. The van der Waals surface area contributed by atoms with Crippen molar-refractivity contribution in [2.75, 3.05) is 6.61 Å². The molecule has 1 aromatic carbocycles. The van der Waals surface area contributed by atoms with Crippen LogP contribution in [0, 0.1) is 5.92 Å². The van der Waals surface area contributed by atoms with Crippen molar-refractivity contribution < 1.29 is 9.53 Å². The molecule has 0 amide bonds. The second-order valence-corrected chi connectivity index (χ2v) is 5.33. The third-order valence-electron chi connectivity index (χ3n) is 3.23. The molecule has 2 rings (SSSR count). The predicted octanol–water partition coefficient (Wildman–Crippen LogP) is 4.22. The van der Waals surface area contributed by atoms with Gasteiger partial charge in [0.25, 0.3) is 0 Å². The van der Waals surface area contributed by atoms with Gasteiger partial charge >= 0.3 is 0 Å². The van der Waals surface area contributed by atoms with Gasteiger partial charge < -0.3 is 4.74 Å². The summed E-state index contributed by atoms with van der Waals surface area (Å²) in [4.78, 5) is 12.4. The van der Waals surface area contributed by atoms with Gasteiger partial charge in [0, 0.05) is 10.4 Å². The van der Waals surface area contributed by atoms with Gasteiger partial charge in [-0.25, -0.2) is 0 Å². The van der Waals surface area contributed by atoms with Crippen LogP contribution in [0.15, 0.2) is 22.7 Å². The van der Waals surface area contributed by atoms with Gasteiger partial charge in [-0.3, -0.25) is 4.79 Å². The largest absolute Gasteiger partial charge is 0.493 e. The average molecular weight is 297 g/mol. The van der Waals surface area contributed by atoms with Crippen molar-refractivity contribution in [2.45, 2.75) is 32.6 Å². The number of Topliss-reactive ketones (excluding diaryl/α,β-unsaturated/α-hetero) is 1. The first-order chi connectivity index (χ1) is 8.22. The fourth-order valence-electron chi connectivity index (χ4n) is 2.38. The Hall–Kier alpha value is -0.830. The number of halogens is 1. The van der Waals surface area contributed by atoms with Gasteiger partial charge in [0.1, 0.15) is 5.75 Å². The summed E-state index contributed by atoms with van der Waals surface area (Å²) in [7, 11) is 0. The lowest BCUT2D eigenvalue weighted by atomic mass is 9.96. The van der Waals surface area contributed by atoms with Crippen molar-refractivity contribution in [1.29, 1.82) is 0 Å². The maximum absolute atomic E-state index is 12.4. The molecule has 1 fully saturated rings. The van der Waals surface area contributed by atoms with E-state index in [0.29, 0.717) is 12.4 Å². The molecule has 1 aliphatic carbocycles. The second kappa shape index (κ2) is 5.67. The first-order valence-electron chi connectivity index (χ1n) is 6.19. The van der Waals surface area contributed by atoms with E-state index in [2.05, 4.69) is 15.9 Å². The molecule has 0 radical (unpaired) electrons. The second-order valence-electron chi connectivity index (χ2n) is 4.42. The Balaban J connectivity index is 2.26. The van der Waals surface area contributed by atoms with Crippen LogP contribution in [-0.4, -0.2) is 12.4 Å². The molecule has 0 bridgehead atoms. The SMILES string of the molecule is CCOc1cc(Br)ccc1C(=O)C1CCCC1. The summed E-state index contributed by atoms with van der Waals surface area (Å²) in [5, 5.41) is 0. The zero-order valence-corrected chi connectivity index (χ0v) is 11.6. The predicted molar refractivity (Wildman–Crippen MR) is 71.6 cm³/mol. The van der Waals surface area contributed by atoms with Gasteiger partial charge in [-0.15, -0.1) is 0 Å². The van der Waals surface area contributed by atoms with Crippen molar-refractivity contribution in [2.24, 2.45) is 5.92 Å². The van der Waals surface area contributed by atoms with E-state index in [9.17, 15) is 4.79 Å². The highest BCUT2D eigenvalue weighted by atomic mass is 79.9. The van der Waals surface area contributed by atoms with Crippen LogP contribution in [0.25, 0.3) is 0 Å². The van der Waals surface area contributed by atoms with Gasteiger partial charge in [-0.2, -0.15) is 0 Å². The number of carbonyl (C=O) groups excluding carboxylic acids is 1. The highest BCUT2D eigenvalue weighted by Gasteiger charge is 2.26. The first-order valence-corrected chi connectivity index (χ1v) is 6.98. The minimum absolute atomic E-state index is 0.204. The fraction of sp³-hybridized carbons (Fsp3) is 0.500. The summed E-state index contributed by atoms with van der Waals surface area (Å²) >= 11 is 3.41. The quantitative estimate of drug-likeness (QED) is 0.778. The zero-order chi connectivity index (χ0) is 12.3. The monoisotopic (exact) mass is 296 g/mol. The molecular formula is C14H17BrO2. The van der Waals surface area contributed by atoms with E-state index in [1.165, 1.54) is 12.8 Å². The Bertz CT molecular complexity index is 409. The number of hydrogen-bond donors (Lipinski definition) is 0. The van der Waals surface area contributed by atoms with E-state index < -0.39 is 0 Å². The molecule has 1 saturated carbocycles. The summed E-state index contributed by atoms with van der Waals surface area (Å²) in [6.07, 6.45) is 4.41. The Kier molecular flexibility index (Phi) is 4.21. The van der Waals surface area contributed by atoms with Crippen LogP contribution < -0.4 is 4.74 Å². The van der Waals surface area contributed by atoms with Crippen LogP contribution in [0.5, 0.6) is 5.75 Å². The highest BCUT2D eigenvalue weighted by molar-refractivity contribution is 9.10. The van der Waals surface area contributed by atoms with Crippen molar-refractivity contribution in [3.05, 3.63) is 28.2 Å². The maximum atomic E-state index is 12.4. The molecule has 0 atom stereocenters. The van der Waals surface area contributed by atoms with E-state index in [1.54, 1.807) is 0 Å². The first kappa shape index (κ1) is 12.6. The Morgan fingerprint density at radius 3 is 2.76 bits per heavy atom. The van der Waals surface area contributed by atoms with Crippen LogP contribution in [0.2, 0.25) is 0 Å². The lowest BCUT2D eigenvalue weighted by Gasteiger charge is -2.13. The van der Waals surface area contributed by atoms with E-state index in [1.807, 2.05) is 25.1 Å². The number of rotatable bonds is 4. The van der Waals surface area contributed by atoms with Crippen molar-refractivity contribution >= 4 is 21.7 Å². The molecule has 0 heterocycles. The molecule has 0 aliphatic heterocycles. The third-order valence-corrected chi connectivity index (χ3v) is 3.73. The Labute approximate surface area is 110 Å². The number of benzene rings is 1. The minimum atomic E-state index is 0.204. The molecule has 0 unspecified atom stereocenters. The normalized spacial score (nSPS) is 16.1. The van der Waals surface area contributed by atoms with Crippen LogP contribution in [0.4, 0.5) is 0 Å². The summed E-state index contributed by atoms with van der Waals surface area (Å²) in [5.74, 6) is 1.16. The molecular weight excluding hydrogens is 280 g/mol. The molecule has 0 spiro atoms. The maximum Gasteiger partial charge on any atom is 0.169 e. The van der Waals surface area contributed by atoms with Gasteiger partial charge in [0.15, 0.2) is 5.78 Å². The average Bonchev–Trinajstić information content (AvgIpc) is 2.82. The summed E-state index contributed by atoms with van der Waals surface area (Å²) in [6, 6.07) is 5.66. The number of ketones is 1. The summed E-state index contributed by atoms with van der Waals surface area (Å²) in [6.45, 7) is 2.52. The fourth-order valence-corrected chi connectivity index (χ4v) is 2.72. The molecule has 0 N–H and O–H groups in total. The van der Waals surface area contributed by atoms with Gasteiger partial charge in [0.2, 0.25) is 0 Å². The van der Waals surface area contributed by atoms with Crippen LogP contribution in [-0.2, 0) is 0 Å².